The molecule has 0 unspecified atom stereocenters. The quantitative estimate of drug-likeness (QED) is 0.616. The van der Waals surface area contributed by atoms with Gasteiger partial charge in [-0.25, -0.2) is 0 Å². The molecule has 0 radical (unpaired) electrons. The topological polar surface area (TPSA) is 54.0 Å². The van der Waals surface area contributed by atoms with Crippen molar-refractivity contribution in [3.8, 4) is 0 Å². The van der Waals surface area contributed by atoms with Gasteiger partial charge in [-0.15, -0.1) is 0 Å². The fraction of sp³-hybridized carbons (Fsp3) is 0.100. The number of benzene rings is 2. The second kappa shape index (κ2) is 7.49. The first-order valence-corrected chi connectivity index (χ1v) is 8.67. The van der Waals surface area contributed by atoms with Gasteiger partial charge in [0.15, 0.2) is 0 Å². The molecule has 0 bridgehead atoms. The Labute approximate surface area is 155 Å². The van der Waals surface area contributed by atoms with Crippen LogP contribution in [0.2, 0.25) is 0 Å². The predicted octanol–water partition coefficient (Wildman–Crippen LogP) is 5.46. The second-order valence-corrected chi connectivity index (χ2v) is 6.75. The fourth-order valence-corrected chi connectivity index (χ4v) is 2.98. The molecule has 5 heteroatoms. The van der Waals surface area contributed by atoms with Gasteiger partial charge in [-0.3, -0.25) is 9.78 Å². The normalized spacial score (nSPS) is 10.4. The molecule has 0 saturated heterocycles. The largest absolute Gasteiger partial charge is 0.353 e. The Hall–Kier alpha value is -2.66. The van der Waals surface area contributed by atoms with Crippen LogP contribution in [0, 0.1) is 13.8 Å². The number of carbonyl (C=O) groups excluding carboxylic acids is 1. The lowest BCUT2D eigenvalue weighted by Crippen LogP contribution is -2.12. The van der Waals surface area contributed by atoms with Gasteiger partial charge in [0.2, 0.25) is 0 Å². The van der Waals surface area contributed by atoms with Crippen LogP contribution in [0.3, 0.4) is 0 Å². The van der Waals surface area contributed by atoms with Crippen molar-refractivity contribution in [1.29, 1.82) is 0 Å². The molecule has 3 rings (SSSR count). The third-order valence-electron chi connectivity index (χ3n) is 3.63. The predicted molar refractivity (Wildman–Crippen MR) is 106 cm³/mol. The van der Waals surface area contributed by atoms with Crippen molar-refractivity contribution in [2.24, 2.45) is 0 Å². The summed E-state index contributed by atoms with van der Waals surface area (Å²) in [6.45, 7) is 4.01. The van der Waals surface area contributed by atoms with Gasteiger partial charge in [-0.05, 0) is 71.2 Å². The Morgan fingerprint density at radius 1 is 0.960 bits per heavy atom. The molecule has 25 heavy (non-hydrogen) atoms. The molecule has 0 spiro atoms. The van der Waals surface area contributed by atoms with Crippen molar-refractivity contribution in [1.82, 2.24) is 4.98 Å². The first-order chi connectivity index (χ1) is 12.0. The summed E-state index contributed by atoms with van der Waals surface area (Å²) in [5, 5.41) is 6.19. The minimum absolute atomic E-state index is 0.187. The summed E-state index contributed by atoms with van der Waals surface area (Å²) in [7, 11) is 0. The average Bonchev–Trinajstić information content (AvgIpc) is 2.56. The third kappa shape index (κ3) is 4.45. The molecule has 0 aliphatic rings. The van der Waals surface area contributed by atoms with Crippen LogP contribution in [0.4, 0.5) is 17.1 Å². The number of hydrogen-bond acceptors (Lipinski definition) is 3. The maximum absolute atomic E-state index is 12.5. The van der Waals surface area contributed by atoms with Gasteiger partial charge in [0.1, 0.15) is 0 Å². The average molecular weight is 396 g/mol. The van der Waals surface area contributed by atoms with Gasteiger partial charge in [0, 0.05) is 16.4 Å². The molecule has 3 aromatic rings. The number of anilines is 3. The van der Waals surface area contributed by atoms with Gasteiger partial charge in [0.05, 0.1) is 23.1 Å². The first kappa shape index (κ1) is 17.2. The van der Waals surface area contributed by atoms with Crippen LogP contribution in [0.5, 0.6) is 0 Å². The lowest BCUT2D eigenvalue weighted by Gasteiger charge is -2.10. The van der Waals surface area contributed by atoms with E-state index in [4.69, 9.17) is 0 Å². The minimum atomic E-state index is -0.187. The van der Waals surface area contributed by atoms with Crippen molar-refractivity contribution in [2.75, 3.05) is 10.6 Å². The number of aromatic nitrogens is 1. The number of pyridine rings is 1. The Kier molecular flexibility index (Phi) is 5.14. The van der Waals surface area contributed by atoms with Crippen molar-refractivity contribution < 1.29 is 4.79 Å². The number of halogens is 1. The summed E-state index contributed by atoms with van der Waals surface area (Å²) < 4.78 is 0.945. The zero-order valence-corrected chi connectivity index (χ0v) is 15.6. The SMILES string of the molecule is Cc1cc(C)cc(NC(=O)c2cncc(Nc3ccccc3Br)c2)c1. The van der Waals surface area contributed by atoms with E-state index in [0.717, 1.165) is 32.7 Å². The van der Waals surface area contributed by atoms with Gasteiger partial charge in [0.25, 0.3) is 5.91 Å². The lowest BCUT2D eigenvalue weighted by atomic mass is 10.1. The number of para-hydroxylation sites is 1. The van der Waals surface area contributed by atoms with E-state index in [0.29, 0.717) is 5.56 Å². The van der Waals surface area contributed by atoms with Crippen LogP contribution in [0.25, 0.3) is 0 Å². The molecule has 1 heterocycles. The molecule has 1 amide bonds. The van der Waals surface area contributed by atoms with Crippen molar-refractivity contribution in [2.45, 2.75) is 13.8 Å². The molecule has 126 valence electrons. The molecule has 4 nitrogen and oxygen atoms in total. The molecule has 0 aliphatic carbocycles. The van der Waals surface area contributed by atoms with E-state index in [2.05, 4.69) is 37.6 Å². The maximum atomic E-state index is 12.5. The van der Waals surface area contributed by atoms with Crippen LogP contribution in [-0.2, 0) is 0 Å². The number of nitrogens with zero attached hydrogens (tertiary/aromatic N) is 1. The van der Waals surface area contributed by atoms with E-state index in [1.165, 1.54) is 0 Å². The Balaban J connectivity index is 1.78. The van der Waals surface area contributed by atoms with E-state index < -0.39 is 0 Å². The highest BCUT2D eigenvalue weighted by molar-refractivity contribution is 9.10. The zero-order chi connectivity index (χ0) is 17.8. The number of hydrogen-bond donors (Lipinski definition) is 2. The number of amides is 1. The lowest BCUT2D eigenvalue weighted by molar-refractivity contribution is 0.102. The third-order valence-corrected chi connectivity index (χ3v) is 4.32. The van der Waals surface area contributed by atoms with Crippen molar-refractivity contribution in [3.05, 3.63) is 82.1 Å². The van der Waals surface area contributed by atoms with Crippen LogP contribution in [0.15, 0.2) is 65.4 Å². The van der Waals surface area contributed by atoms with E-state index >= 15 is 0 Å². The monoisotopic (exact) mass is 395 g/mol. The smallest absolute Gasteiger partial charge is 0.257 e. The Bertz CT molecular complexity index is 904. The molecular weight excluding hydrogens is 378 g/mol. The highest BCUT2D eigenvalue weighted by Gasteiger charge is 2.09. The maximum Gasteiger partial charge on any atom is 0.257 e. The van der Waals surface area contributed by atoms with Gasteiger partial charge < -0.3 is 10.6 Å². The van der Waals surface area contributed by atoms with Crippen molar-refractivity contribution >= 4 is 38.9 Å². The second-order valence-electron chi connectivity index (χ2n) is 5.90. The summed E-state index contributed by atoms with van der Waals surface area (Å²) >= 11 is 3.50. The molecule has 2 N–H and O–H groups in total. The molecule has 0 atom stereocenters. The number of nitrogens with one attached hydrogen (secondary N) is 2. The molecular formula is C20H18BrN3O. The van der Waals surface area contributed by atoms with Crippen LogP contribution in [-0.4, -0.2) is 10.9 Å². The summed E-state index contributed by atoms with van der Waals surface area (Å²) in [5.41, 5.74) is 5.16. The Morgan fingerprint density at radius 2 is 1.68 bits per heavy atom. The number of rotatable bonds is 4. The van der Waals surface area contributed by atoms with Gasteiger partial charge in [-0.2, -0.15) is 0 Å². The molecule has 0 aliphatic heterocycles. The van der Waals surface area contributed by atoms with Crippen molar-refractivity contribution in [3.63, 3.8) is 0 Å². The highest BCUT2D eigenvalue weighted by Crippen LogP contribution is 2.25. The number of carbonyl (C=O) groups is 1. The van der Waals surface area contributed by atoms with E-state index in [1.807, 2.05) is 50.2 Å². The van der Waals surface area contributed by atoms with Crippen LogP contribution < -0.4 is 10.6 Å². The Morgan fingerprint density at radius 3 is 2.40 bits per heavy atom. The summed E-state index contributed by atoms with van der Waals surface area (Å²) in [4.78, 5) is 16.7. The molecule has 0 saturated carbocycles. The van der Waals surface area contributed by atoms with E-state index in [9.17, 15) is 4.79 Å². The molecule has 1 aromatic heterocycles. The van der Waals surface area contributed by atoms with E-state index in [-0.39, 0.29) is 5.91 Å². The molecule has 2 aromatic carbocycles. The van der Waals surface area contributed by atoms with Gasteiger partial charge >= 0.3 is 0 Å². The minimum Gasteiger partial charge on any atom is -0.353 e. The summed E-state index contributed by atoms with van der Waals surface area (Å²) in [6.07, 6.45) is 3.25. The van der Waals surface area contributed by atoms with Gasteiger partial charge in [-0.1, -0.05) is 18.2 Å². The molecule has 0 fully saturated rings. The standard InChI is InChI=1S/C20H18BrN3O/c1-13-7-14(2)9-16(8-13)24-20(25)15-10-17(12-22-11-15)23-19-6-4-3-5-18(19)21/h3-12,23H,1-2H3,(H,24,25). The summed E-state index contributed by atoms with van der Waals surface area (Å²) in [5.74, 6) is -0.187. The fourth-order valence-electron chi connectivity index (χ4n) is 2.60. The van der Waals surface area contributed by atoms with Crippen LogP contribution >= 0.6 is 15.9 Å². The van der Waals surface area contributed by atoms with Crippen LogP contribution in [0.1, 0.15) is 21.5 Å². The number of aryl methyl sites for hydroxylation is 2. The zero-order valence-electron chi connectivity index (χ0n) is 14.0. The van der Waals surface area contributed by atoms with E-state index in [1.54, 1.807) is 18.5 Å². The summed E-state index contributed by atoms with van der Waals surface area (Å²) in [6, 6.07) is 15.5. The highest BCUT2D eigenvalue weighted by atomic mass is 79.9. The first-order valence-electron chi connectivity index (χ1n) is 7.87.